The van der Waals surface area contributed by atoms with Gasteiger partial charge in [-0.15, -0.1) is 58.8 Å². The molecule has 4 saturated heterocycles. The van der Waals surface area contributed by atoms with Crippen molar-refractivity contribution in [2.75, 3.05) is 0 Å². The highest BCUT2D eigenvalue weighted by molar-refractivity contribution is 8.65. The van der Waals surface area contributed by atoms with Crippen LogP contribution in [0.25, 0.3) is 0 Å². The van der Waals surface area contributed by atoms with Gasteiger partial charge in [0.15, 0.2) is 0 Å². The van der Waals surface area contributed by atoms with E-state index in [0.29, 0.717) is 6.82 Å². The van der Waals surface area contributed by atoms with E-state index in [1.54, 1.807) is 0 Å². The van der Waals surface area contributed by atoms with Crippen molar-refractivity contribution in [3.8, 4) is 0 Å². The summed E-state index contributed by atoms with van der Waals surface area (Å²) in [7, 11) is 0. The molecule has 4 fully saturated rings. The van der Waals surface area contributed by atoms with Crippen molar-refractivity contribution in [2.24, 2.45) is 0 Å². The highest BCUT2D eigenvalue weighted by Gasteiger charge is 2.85. The van der Waals surface area contributed by atoms with Crippen LogP contribution in [0.5, 0.6) is 0 Å². The van der Waals surface area contributed by atoms with E-state index in [0.717, 1.165) is 9.16 Å². The summed E-state index contributed by atoms with van der Waals surface area (Å²) >= 11 is 11.0. The van der Waals surface area contributed by atoms with E-state index in [1.165, 1.54) is 0 Å². The van der Waals surface area contributed by atoms with Crippen molar-refractivity contribution in [2.45, 2.75) is 16.0 Å². The zero-order valence-corrected chi connectivity index (χ0v) is 8.28. The SMILES string of the molecule is S1C2SC34SC3SC12S4. The van der Waals surface area contributed by atoms with E-state index in [2.05, 4.69) is 58.8 Å². The molecule has 4 aliphatic rings. The van der Waals surface area contributed by atoms with Gasteiger partial charge < -0.3 is 0 Å². The molecule has 4 rings (SSSR count). The van der Waals surface area contributed by atoms with E-state index in [4.69, 9.17) is 0 Å². The van der Waals surface area contributed by atoms with Gasteiger partial charge in [0.2, 0.25) is 0 Å². The Hall–Kier alpha value is 1.75. The Bertz CT molecular complexity index is 195. The van der Waals surface area contributed by atoms with Gasteiger partial charge in [-0.1, -0.05) is 0 Å². The minimum atomic E-state index is 0.681. The Morgan fingerprint density at radius 3 is 1.44 bits per heavy atom. The zero-order valence-electron chi connectivity index (χ0n) is 4.20. The van der Waals surface area contributed by atoms with Crippen LogP contribution >= 0.6 is 58.8 Å². The van der Waals surface area contributed by atoms with Crippen LogP contribution in [0, 0.1) is 0 Å². The molecule has 0 aromatic heterocycles. The molecular formula is C4H2S5. The third-order valence-electron chi connectivity index (χ3n) is 1.83. The zero-order chi connectivity index (χ0) is 5.69. The second-order valence-corrected chi connectivity index (χ2v) is 11.5. The summed E-state index contributed by atoms with van der Waals surface area (Å²) in [4.78, 5) is 0. The number of rotatable bonds is 0. The summed E-state index contributed by atoms with van der Waals surface area (Å²) in [6.45, 7) is 0. The molecule has 48 valence electrons. The molecule has 0 unspecified atom stereocenters. The highest BCUT2D eigenvalue weighted by Crippen LogP contribution is 2.99. The van der Waals surface area contributed by atoms with E-state index in [9.17, 15) is 0 Å². The van der Waals surface area contributed by atoms with Crippen molar-refractivity contribution in [1.29, 1.82) is 0 Å². The molecule has 2 bridgehead atoms. The normalized spacial score (nSPS) is 80.0. The van der Waals surface area contributed by atoms with Crippen molar-refractivity contribution >= 4 is 58.8 Å². The smallest absolute Gasteiger partial charge is 0.113 e. The quantitative estimate of drug-likeness (QED) is 0.562. The lowest BCUT2D eigenvalue weighted by Gasteiger charge is -1.99. The topological polar surface area (TPSA) is 0 Å². The molecule has 5 heteroatoms. The number of hydrogen-bond acceptors (Lipinski definition) is 5. The largest absolute Gasteiger partial charge is 0.132 e. The second-order valence-electron chi connectivity index (χ2n) is 2.44. The average Bonchev–Trinajstić information content (AvgIpc) is 2.53. The molecule has 0 nitrogen and oxygen atoms in total. The standard InChI is InChI=1S/C4H2S5/c5-1-3(5)8-2-4(6-2,7-1)9-3/h1-2H. The first kappa shape index (κ1) is 5.41. The molecule has 2 spiro atoms. The minimum absolute atomic E-state index is 0.681. The molecule has 0 radical (unpaired) electrons. The summed E-state index contributed by atoms with van der Waals surface area (Å²) < 4.78 is 3.30. The average molecular weight is 210 g/mol. The van der Waals surface area contributed by atoms with Gasteiger partial charge in [-0.05, 0) is 0 Å². The maximum Gasteiger partial charge on any atom is 0.132 e. The van der Waals surface area contributed by atoms with Crippen LogP contribution in [0.1, 0.15) is 0 Å². The van der Waals surface area contributed by atoms with Crippen molar-refractivity contribution < 1.29 is 0 Å². The van der Waals surface area contributed by atoms with Crippen LogP contribution in [-0.2, 0) is 0 Å². The van der Waals surface area contributed by atoms with Crippen LogP contribution in [0.2, 0.25) is 0 Å². The lowest BCUT2D eigenvalue weighted by atomic mass is 10.9. The Morgan fingerprint density at radius 2 is 1.22 bits per heavy atom. The molecule has 4 aliphatic heterocycles. The van der Waals surface area contributed by atoms with Crippen LogP contribution < -0.4 is 0 Å². The molecular weight excluding hydrogens is 208 g/mol. The lowest BCUT2D eigenvalue weighted by Crippen LogP contribution is -1.97. The Labute approximate surface area is 74.4 Å². The summed E-state index contributed by atoms with van der Waals surface area (Å²) in [5.74, 6) is 0. The maximum absolute atomic E-state index is 2.24. The van der Waals surface area contributed by atoms with Gasteiger partial charge in [-0.25, -0.2) is 0 Å². The third kappa shape index (κ3) is 0.458. The van der Waals surface area contributed by atoms with Gasteiger partial charge in [-0.2, -0.15) is 0 Å². The molecule has 0 atom stereocenters. The van der Waals surface area contributed by atoms with Gasteiger partial charge in [-0.3, -0.25) is 0 Å². The molecule has 0 N–H and O–H groups in total. The fourth-order valence-electron chi connectivity index (χ4n) is 1.28. The molecule has 0 aliphatic carbocycles. The Kier molecular flexibility index (Phi) is 0.732. The fraction of sp³-hybridized carbons (Fsp3) is 1.00. The molecule has 0 aromatic carbocycles. The van der Waals surface area contributed by atoms with Crippen molar-refractivity contribution in [1.82, 2.24) is 0 Å². The van der Waals surface area contributed by atoms with Crippen molar-refractivity contribution in [3.05, 3.63) is 0 Å². The number of hydrogen-bond donors (Lipinski definition) is 0. The van der Waals surface area contributed by atoms with Gasteiger partial charge in [0.1, 0.15) is 6.82 Å². The predicted octanol–water partition coefficient (Wildman–Crippen LogP) is 2.67. The monoisotopic (exact) mass is 210 g/mol. The summed E-state index contributed by atoms with van der Waals surface area (Å²) in [6, 6.07) is 0. The Morgan fingerprint density at radius 1 is 0.778 bits per heavy atom. The van der Waals surface area contributed by atoms with E-state index in [1.807, 2.05) is 0 Å². The molecule has 0 aromatic rings. The summed E-state index contributed by atoms with van der Waals surface area (Å²) in [6.07, 6.45) is 0. The second kappa shape index (κ2) is 1.22. The first-order valence-corrected chi connectivity index (χ1v) is 7.08. The molecule has 4 heterocycles. The lowest BCUT2D eigenvalue weighted by molar-refractivity contribution is 1.41. The molecule has 0 saturated carbocycles. The van der Waals surface area contributed by atoms with Crippen LogP contribution in [0.4, 0.5) is 0 Å². The van der Waals surface area contributed by atoms with E-state index >= 15 is 0 Å². The third-order valence-corrected chi connectivity index (χ3v) is 12.8. The first-order chi connectivity index (χ1) is 4.33. The van der Waals surface area contributed by atoms with Gasteiger partial charge in [0.05, 0.1) is 9.16 Å². The van der Waals surface area contributed by atoms with Gasteiger partial charge in [0.25, 0.3) is 0 Å². The Balaban J connectivity index is 1.97. The van der Waals surface area contributed by atoms with Gasteiger partial charge in [0, 0.05) is 0 Å². The van der Waals surface area contributed by atoms with Gasteiger partial charge >= 0.3 is 0 Å². The summed E-state index contributed by atoms with van der Waals surface area (Å²) in [5, 5.41) is 0. The highest BCUT2D eigenvalue weighted by atomic mass is 32.3. The number of thioether (sulfide) groups is 5. The van der Waals surface area contributed by atoms with Crippen LogP contribution in [0.15, 0.2) is 0 Å². The molecule has 0 amide bonds. The minimum Gasteiger partial charge on any atom is -0.113 e. The van der Waals surface area contributed by atoms with Crippen LogP contribution in [0.3, 0.4) is 0 Å². The first-order valence-electron chi connectivity index (χ1n) is 2.74. The maximum atomic E-state index is 2.24. The predicted molar refractivity (Wildman–Crippen MR) is 51.0 cm³/mol. The van der Waals surface area contributed by atoms with E-state index in [-0.39, 0.29) is 0 Å². The molecule has 9 heavy (non-hydrogen) atoms. The fourth-order valence-corrected chi connectivity index (χ4v) is 14.9. The van der Waals surface area contributed by atoms with Crippen LogP contribution in [-0.4, -0.2) is 16.0 Å². The van der Waals surface area contributed by atoms with E-state index < -0.39 is 0 Å². The van der Waals surface area contributed by atoms with Crippen molar-refractivity contribution in [3.63, 3.8) is 0 Å². The summed E-state index contributed by atoms with van der Waals surface area (Å²) in [5.41, 5.74) is 0.